The second-order valence-corrected chi connectivity index (χ2v) is 5.49. The monoisotopic (exact) mass is 304 g/mol. The van der Waals surface area contributed by atoms with Gasteiger partial charge in [-0.15, -0.1) is 5.10 Å². The molecule has 6 nitrogen and oxygen atoms in total. The fourth-order valence-electron chi connectivity index (χ4n) is 2.69. The molecular formula is C15H17FN4O2. The summed E-state index contributed by atoms with van der Waals surface area (Å²) in [6.07, 6.45) is 3.01. The Balaban J connectivity index is 1.63. The number of hydrogen-bond donors (Lipinski definition) is 1. The minimum absolute atomic E-state index is 0.245. The maximum Gasteiger partial charge on any atom is 0.306 e. The third-order valence-electron chi connectivity index (χ3n) is 3.96. The normalized spacial score (nSPS) is 16.8. The van der Waals surface area contributed by atoms with Crippen LogP contribution >= 0.6 is 0 Å². The van der Waals surface area contributed by atoms with Gasteiger partial charge in [-0.25, -0.2) is 9.07 Å². The number of likely N-dealkylation sites (tertiary alicyclic amines) is 1. The van der Waals surface area contributed by atoms with Crippen molar-refractivity contribution < 1.29 is 14.3 Å². The summed E-state index contributed by atoms with van der Waals surface area (Å²) in [6.45, 7) is 2.05. The predicted octanol–water partition coefficient (Wildman–Crippen LogP) is 1.70. The van der Waals surface area contributed by atoms with Crippen molar-refractivity contribution in [2.24, 2.45) is 5.92 Å². The van der Waals surface area contributed by atoms with Crippen LogP contribution in [0, 0.1) is 11.7 Å². The number of hydrogen-bond acceptors (Lipinski definition) is 4. The molecule has 0 aliphatic carbocycles. The van der Waals surface area contributed by atoms with E-state index in [0.717, 1.165) is 18.8 Å². The van der Waals surface area contributed by atoms with E-state index in [4.69, 9.17) is 5.11 Å². The maximum atomic E-state index is 13.7. The van der Waals surface area contributed by atoms with Crippen LogP contribution in [0.4, 0.5) is 4.39 Å². The molecule has 1 aliphatic heterocycles. The zero-order chi connectivity index (χ0) is 15.5. The van der Waals surface area contributed by atoms with Gasteiger partial charge in [0.25, 0.3) is 0 Å². The van der Waals surface area contributed by atoms with Crippen molar-refractivity contribution in [1.29, 1.82) is 0 Å². The number of rotatable bonds is 4. The van der Waals surface area contributed by atoms with E-state index >= 15 is 0 Å². The molecule has 0 amide bonds. The SMILES string of the molecule is O=C(O)C1CCN(Cc2cn(-c3ccccc3F)nn2)CC1. The molecule has 1 N–H and O–H groups in total. The van der Waals surface area contributed by atoms with Crippen LogP contribution in [-0.4, -0.2) is 44.1 Å². The largest absolute Gasteiger partial charge is 0.481 e. The standard InChI is InChI=1S/C15H17FN4O2/c16-13-3-1-2-4-14(13)20-10-12(17-18-20)9-19-7-5-11(6-8-19)15(21)22/h1-4,10-11H,5-9H2,(H,21,22). The van der Waals surface area contributed by atoms with Gasteiger partial charge >= 0.3 is 5.97 Å². The first-order valence-electron chi connectivity index (χ1n) is 7.25. The fraction of sp³-hybridized carbons (Fsp3) is 0.400. The Hall–Kier alpha value is -2.28. The highest BCUT2D eigenvalue weighted by Crippen LogP contribution is 2.19. The molecule has 0 atom stereocenters. The Morgan fingerprint density at radius 3 is 2.73 bits per heavy atom. The average molecular weight is 304 g/mol. The quantitative estimate of drug-likeness (QED) is 0.931. The van der Waals surface area contributed by atoms with Crippen molar-refractivity contribution in [3.8, 4) is 5.69 Å². The number of carboxylic acids is 1. The lowest BCUT2D eigenvalue weighted by Crippen LogP contribution is -2.35. The number of nitrogens with zero attached hydrogens (tertiary/aromatic N) is 4. The molecule has 7 heteroatoms. The summed E-state index contributed by atoms with van der Waals surface area (Å²) in [4.78, 5) is 13.1. The molecule has 116 valence electrons. The number of aliphatic carboxylic acids is 1. The summed E-state index contributed by atoms with van der Waals surface area (Å²) in [7, 11) is 0. The Morgan fingerprint density at radius 1 is 1.32 bits per heavy atom. The Bertz CT molecular complexity index is 665. The summed E-state index contributed by atoms with van der Waals surface area (Å²) < 4.78 is 15.1. The van der Waals surface area contributed by atoms with Crippen LogP contribution in [0.3, 0.4) is 0 Å². The molecular weight excluding hydrogens is 287 g/mol. The van der Waals surface area contributed by atoms with E-state index in [1.165, 1.54) is 10.7 Å². The lowest BCUT2D eigenvalue weighted by atomic mass is 9.97. The van der Waals surface area contributed by atoms with Crippen molar-refractivity contribution in [3.63, 3.8) is 0 Å². The molecule has 0 saturated carbocycles. The van der Waals surface area contributed by atoms with Crippen LogP contribution in [0.2, 0.25) is 0 Å². The molecule has 1 fully saturated rings. The Morgan fingerprint density at radius 2 is 2.05 bits per heavy atom. The molecule has 0 bridgehead atoms. The van der Waals surface area contributed by atoms with Crippen molar-refractivity contribution >= 4 is 5.97 Å². The van der Waals surface area contributed by atoms with Gasteiger partial charge in [0, 0.05) is 6.54 Å². The number of piperidine rings is 1. The molecule has 0 radical (unpaired) electrons. The molecule has 1 aromatic heterocycles. The van der Waals surface area contributed by atoms with Crippen molar-refractivity contribution in [2.75, 3.05) is 13.1 Å². The summed E-state index contributed by atoms with van der Waals surface area (Å²) in [6, 6.07) is 6.40. The first-order valence-corrected chi connectivity index (χ1v) is 7.25. The van der Waals surface area contributed by atoms with Gasteiger partial charge in [0.15, 0.2) is 0 Å². The summed E-state index contributed by atoms with van der Waals surface area (Å²) in [5.74, 6) is -1.31. The lowest BCUT2D eigenvalue weighted by molar-refractivity contribution is -0.143. The molecule has 2 aromatic rings. The number of carbonyl (C=O) groups is 1. The third kappa shape index (κ3) is 3.14. The van der Waals surface area contributed by atoms with Gasteiger partial charge in [0.2, 0.25) is 0 Å². The van der Waals surface area contributed by atoms with Crippen LogP contribution in [0.25, 0.3) is 5.69 Å². The topological polar surface area (TPSA) is 71.2 Å². The van der Waals surface area contributed by atoms with E-state index in [0.29, 0.717) is 25.1 Å². The maximum absolute atomic E-state index is 13.7. The van der Waals surface area contributed by atoms with E-state index in [2.05, 4.69) is 15.2 Å². The number of halogens is 1. The second-order valence-electron chi connectivity index (χ2n) is 5.49. The van der Waals surface area contributed by atoms with Gasteiger partial charge in [0.1, 0.15) is 11.5 Å². The van der Waals surface area contributed by atoms with Gasteiger partial charge in [0.05, 0.1) is 17.8 Å². The Labute approximate surface area is 127 Å². The van der Waals surface area contributed by atoms with Gasteiger partial charge in [-0.2, -0.15) is 0 Å². The molecule has 1 saturated heterocycles. The van der Waals surface area contributed by atoms with Gasteiger partial charge < -0.3 is 5.11 Å². The smallest absolute Gasteiger partial charge is 0.306 e. The number of carboxylic acid groups (broad SMARTS) is 1. The summed E-state index contributed by atoms with van der Waals surface area (Å²) >= 11 is 0. The summed E-state index contributed by atoms with van der Waals surface area (Å²) in [5, 5.41) is 17.0. The predicted molar refractivity (Wildman–Crippen MR) is 77.0 cm³/mol. The first-order chi connectivity index (χ1) is 10.6. The van der Waals surface area contributed by atoms with Gasteiger partial charge in [-0.05, 0) is 38.1 Å². The lowest BCUT2D eigenvalue weighted by Gasteiger charge is -2.29. The molecule has 3 rings (SSSR count). The van der Waals surface area contributed by atoms with Gasteiger partial charge in [-0.3, -0.25) is 9.69 Å². The van der Waals surface area contributed by atoms with Crippen molar-refractivity contribution in [1.82, 2.24) is 19.9 Å². The zero-order valence-electron chi connectivity index (χ0n) is 12.0. The van der Waals surface area contributed by atoms with Crippen LogP contribution in [0.5, 0.6) is 0 Å². The van der Waals surface area contributed by atoms with Crippen LogP contribution in [-0.2, 0) is 11.3 Å². The number of benzene rings is 1. The second kappa shape index (κ2) is 6.23. The molecule has 2 heterocycles. The van der Waals surface area contributed by atoms with E-state index in [9.17, 15) is 9.18 Å². The number of para-hydroxylation sites is 1. The highest BCUT2D eigenvalue weighted by Gasteiger charge is 2.24. The van der Waals surface area contributed by atoms with Crippen molar-refractivity contribution in [3.05, 3.63) is 42.0 Å². The van der Waals surface area contributed by atoms with E-state index in [-0.39, 0.29) is 11.7 Å². The highest BCUT2D eigenvalue weighted by atomic mass is 19.1. The van der Waals surface area contributed by atoms with Gasteiger partial charge in [-0.1, -0.05) is 17.3 Å². The van der Waals surface area contributed by atoms with Crippen LogP contribution < -0.4 is 0 Å². The zero-order valence-corrected chi connectivity index (χ0v) is 12.0. The van der Waals surface area contributed by atoms with Crippen molar-refractivity contribution in [2.45, 2.75) is 19.4 Å². The third-order valence-corrected chi connectivity index (χ3v) is 3.96. The van der Waals surface area contributed by atoms with Crippen LogP contribution in [0.15, 0.2) is 30.5 Å². The average Bonchev–Trinajstić information content (AvgIpc) is 2.96. The summed E-state index contributed by atoms with van der Waals surface area (Å²) in [5.41, 5.74) is 1.11. The molecule has 1 aromatic carbocycles. The minimum atomic E-state index is -0.717. The minimum Gasteiger partial charge on any atom is -0.481 e. The molecule has 0 spiro atoms. The fourth-order valence-corrected chi connectivity index (χ4v) is 2.69. The highest BCUT2D eigenvalue weighted by molar-refractivity contribution is 5.70. The van der Waals surface area contributed by atoms with E-state index in [1.54, 1.807) is 24.4 Å². The van der Waals surface area contributed by atoms with E-state index < -0.39 is 5.97 Å². The molecule has 1 aliphatic rings. The van der Waals surface area contributed by atoms with E-state index in [1.807, 2.05) is 0 Å². The molecule has 0 unspecified atom stereocenters. The molecule has 22 heavy (non-hydrogen) atoms. The first kappa shape index (κ1) is 14.6. The number of aromatic nitrogens is 3. The van der Waals surface area contributed by atoms with Crippen LogP contribution in [0.1, 0.15) is 18.5 Å². The Kier molecular flexibility index (Phi) is 4.15.